The molecule has 22 heavy (non-hydrogen) atoms. The fourth-order valence-corrected chi connectivity index (χ4v) is 2.73. The highest BCUT2D eigenvalue weighted by Crippen LogP contribution is 2.28. The fourth-order valence-electron chi connectivity index (χ4n) is 1.90. The van der Waals surface area contributed by atoms with Crippen molar-refractivity contribution in [1.82, 2.24) is 14.8 Å². The van der Waals surface area contributed by atoms with Gasteiger partial charge in [0.15, 0.2) is 5.16 Å². The number of nitrogens with zero attached hydrogens (tertiary/aromatic N) is 3. The number of hydrogen-bond donors (Lipinski definition) is 2. The van der Waals surface area contributed by atoms with E-state index in [1.54, 1.807) is 29.7 Å². The molecule has 9 heteroatoms. The number of aromatic nitrogens is 3. The Balaban J connectivity index is 2.18. The number of ether oxygens (including phenoxy) is 1. The van der Waals surface area contributed by atoms with Gasteiger partial charge in [0.1, 0.15) is 11.8 Å². The number of nitrogens with one attached hydrogen (secondary N) is 1. The van der Waals surface area contributed by atoms with Gasteiger partial charge in [0.25, 0.3) is 0 Å². The molecular formula is C13H16ClN5O2S. The van der Waals surface area contributed by atoms with Crippen molar-refractivity contribution in [2.75, 3.05) is 24.4 Å². The maximum Gasteiger partial charge on any atom is 0.247 e. The number of methoxy groups -OCH3 is 1. The molecule has 1 aromatic heterocycles. The Labute approximate surface area is 137 Å². The molecule has 1 heterocycles. The van der Waals surface area contributed by atoms with Crippen LogP contribution in [-0.2, 0) is 4.79 Å². The first kappa shape index (κ1) is 16.4. The third kappa shape index (κ3) is 3.28. The second-order valence-electron chi connectivity index (χ2n) is 4.43. The van der Waals surface area contributed by atoms with Crippen LogP contribution in [0.25, 0.3) is 0 Å². The molecule has 0 spiro atoms. The van der Waals surface area contributed by atoms with Crippen molar-refractivity contribution in [2.24, 2.45) is 0 Å². The molecule has 3 N–H and O–H groups in total. The lowest BCUT2D eigenvalue weighted by Gasteiger charge is -2.16. The summed E-state index contributed by atoms with van der Waals surface area (Å²) in [4.78, 5) is 12.4. The molecule has 1 atom stereocenters. The molecule has 118 valence electrons. The van der Waals surface area contributed by atoms with Crippen LogP contribution in [0.3, 0.4) is 0 Å². The van der Waals surface area contributed by atoms with E-state index in [-0.39, 0.29) is 11.9 Å². The molecule has 7 nitrogen and oxygen atoms in total. The monoisotopic (exact) mass is 341 g/mol. The summed E-state index contributed by atoms with van der Waals surface area (Å²) in [5, 5.41) is 11.5. The molecule has 0 saturated heterocycles. The zero-order valence-electron chi connectivity index (χ0n) is 12.3. The molecule has 1 aromatic carbocycles. The first-order chi connectivity index (χ1) is 10.5. The van der Waals surface area contributed by atoms with Gasteiger partial charge in [-0.1, -0.05) is 23.4 Å². The average Bonchev–Trinajstić information content (AvgIpc) is 2.87. The number of benzene rings is 1. The number of hydrogen-bond acceptors (Lipinski definition) is 6. The quantitative estimate of drug-likeness (QED) is 0.811. The van der Waals surface area contributed by atoms with Crippen LogP contribution in [0.15, 0.2) is 23.4 Å². The van der Waals surface area contributed by atoms with Crippen molar-refractivity contribution < 1.29 is 9.53 Å². The van der Waals surface area contributed by atoms with Crippen LogP contribution in [0.1, 0.15) is 13.0 Å². The van der Waals surface area contributed by atoms with Crippen LogP contribution in [-0.4, -0.2) is 34.0 Å². The fraction of sp³-hybridized carbons (Fsp3) is 0.308. The summed E-state index contributed by atoms with van der Waals surface area (Å²) < 4.78 is 6.65. The van der Waals surface area contributed by atoms with Crippen LogP contribution in [0.2, 0.25) is 5.02 Å². The predicted octanol–water partition coefficient (Wildman–Crippen LogP) is 2.44. The molecule has 1 amide bonds. The smallest absolute Gasteiger partial charge is 0.247 e. The third-order valence-corrected chi connectivity index (χ3v) is 4.00. The van der Waals surface area contributed by atoms with Gasteiger partial charge in [0.2, 0.25) is 11.9 Å². The first-order valence-electron chi connectivity index (χ1n) is 6.36. The van der Waals surface area contributed by atoms with Crippen molar-refractivity contribution >= 4 is 40.9 Å². The molecular weight excluding hydrogens is 326 g/mol. The van der Waals surface area contributed by atoms with Crippen molar-refractivity contribution in [3.05, 3.63) is 23.2 Å². The summed E-state index contributed by atoms with van der Waals surface area (Å²) in [5.41, 5.74) is 6.34. The van der Waals surface area contributed by atoms with Gasteiger partial charge in [0.05, 0.1) is 12.1 Å². The molecule has 0 unspecified atom stereocenters. The van der Waals surface area contributed by atoms with E-state index in [2.05, 4.69) is 15.5 Å². The molecule has 0 fully saturated rings. The van der Waals surface area contributed by atoms with E-state index in [4.69, 9.17) is 22.1 Å². The van der Waals surface area contributed by atoms with Gasteiger partial charge in [-0.3, -0.25) is 9.36 Å². The minimum Gasteiger partial charge on any atom is -0.495 e. The Morgan fingerprint density at radius 2 is 2.23 bits per heavy atom. The minimum absolute atomic E-state index is 0.194. The molecule has 0 aliphatic rings. The summed E-state index contributed by atoms with van der Waals surface area (Å²) in [5.74, 6) is 0.489. The van der Waals surface area contributed by atoms with E-state index in [0.717, 1.165) is 0 Å². The summed E-state index contributed by atoms with van der Waals surface area (Å²) >= 11 is 7.41. The van der Waals surface area contributed by atoms with Crippen molar-refractivity contribution in [2.45, 2.75) is 18.1 Å². The van der Waals surface area contributed by atoms with Gasteiger partial charge in [-0.15, -0.1) is 10.2 Å². The number of carbonyl (C=O) groups is 1. The lowest BCUT2D eigenvalue weighted by molar-refractivity contribution is -0.118. The van der Waals surface area contributed by atoms with Gasteiger partial charge in [-0.2, -0.15) is 0 Å². The summed E-state index contributed by atoms with van der Waals surface area (Å²) in [7, 11) is 1.53. The molecule has 0 saturated carbocycles. The Kier molecular flexibility index (Phi) is 5.15. The topological polar surface area (TPSA) is 95.1 Å². The lowest BCUT2D eigenvalue weighted by Crippen LogP contribution is -2.25. The highest BCUT2D eigenvalue weighted by Gasteiger charge is 2.21. The van der Waals surface area contributed by atoms with Crippen molar-refractivity contribution in [3.8, 4) is 5.75 Å². The summed E-state index contributed by atoms with van der Waals surface area (Å²) in [6.45, 7) is 1.72. The normalized spacial score (nSPS) is 12.0. The van der Waals surface area contributed by atoms with Gasteiger partial charge < -0.3 is 15.8 Å². The van der Waals surface area contributed by atoms with Crippen LogP contribution in [0.4, 0.5) is 11.6 Å². The number of anilines is 2. The maximum atomic E-state index is 12.4. The number of nitrogens with two attached hydrogens (primary N) is 1. The largest absolute Gasteiger partial charge is 0.495 e. The van der Waals surface area contributed by atoms with Crippen LogP contribution in [0, 0.1) is 0 Å². The summed E-state index contributed by atoms with van der Waals surface area (Å²) in [6.07, 6.45) is 1.84. The van der Waals surface area contributed by atoms with Crippen molar-refractivity contribution in [3.63, 3.8) is 0 Å². The summed E-state index contributed by atoms with van der Waals surface area (Å²) in [6, 6.07) is 4.46. The van der Waals surface area contributed by atoms with Gasteiger partial charge in [-0.05, 0) is 31.4 Å². The Morgan fingerprint density at radius 1 is 1.50 bits per heavy atom. The van der Waals surface area contributed by atoms with Gasteiger partial charge in [-0.25, -0.2) is 0 Å². The third-order valence-electron chi connectivity index (χ3n) is 3.06. The molecule has 2 aromatic rings. The maximum absolute atomic E-state index is 12.4. The van der Waals surface area contributed by atoms with E-state index in [1.165, 1.54) is 18.9 Å². The number of rotatable bonds is 5. The predicted molar refractivity (Wildman–Crippen MR) is 87.6 cm³/mol. The number of halogens is 1. The molecule has 0 aliphatic heterocycles. The van der Waals surface area contributed by atoms with E-state index >= 15 is 0 Å². The zero-order chi connectivity index (χ0) is 16.3. The van der Waals surface area contributed by atoms with Crippen LogP contribution >= 0.6 is 23.4 Å². The van der Waals surface area contributed by atoms with Crippen molar-refractivity contribution in [1.29, 1.82) is 0 Å². The number of amides is 1. The van der Waals surface area contributed by atoms with E-state index in [9.17, 15) is 4.79 Å². The highest BCUT2D eigenvalue weighted by atomic mass is 35.5. The second kappa shape index (κ2) is 6.89. The zero-order valence-corrected chi connectivity index (χ0v) is 13.9. The lowest BCUT2D eigenvalue weighted by atomic mass is 10.2. The second-order valence-corrected chi connectivity index (χ2v) is 5.61. The SMILES string of the molecule is COc1ccc(NC(=O)[C@@H](C)n2c(N)nnc2SC)cc1Cl. The molecule has 0 bridgehead atoms. The van der Waals surface area contributed by atoms with E-state index in [1.807, 2.05) is 6.26 Å². The molecule has 0 aliphatic carbocycles. The standard InChI is InChI=1S/C13H16ClN5O2S/c1-7(19-12(15)17-18-13(19)22-3)11(20)16-8-4-5-10(21-2)9(14)6-8/h4-7H,1-3H3,(H2,15,17)(H,16,20)/t7-/m1/s1. The molecule has 0 radical (unpaired) electrons. The number of nitrogen functional groups attached to an aromatic ring is 1. The Bertz CT molecular complexity index is 691. The van der Waals surface area contributed by atoms with E-state index in [0.29, 0.717) is 21.6 Å². The first-order valence-corrected chi connectivity index (χ1v) is 7.97. The van der Waals surface area contributed by atoms with Crippen LogP contribution in [0.5, 0.6) is 5.75 Å². The Morgan fingerprint density at radius 3 is 2.82 bits per heavy atom. The van der Waals surface area contributed by atoms with E-state index < -0.39 is 6.04 Å². The van der Waals surface area contributed by atoms with Crippen LogP contribution < -0.4 is 15.8 Å². The van der Waals surface area contributed by atoms with Gasteiger partial charge in [0, 0.05) is 5.69 Å². The molecule has 2 rings (SSSR count). The number of carbonyl (C=O) groups excluding carboxylic acids is 1. The highest BCUT2D eigenvalue weighted by molar-refractivity contribution is 7.98. The average molecular weight is 342 g/mol. The minimum atomic E-state index is -0.557. The van der Waals surface area contributed by atoms with Gasteiger partial charge >= 0.3 is 0 Å². The Hall–Kier alpha value is -1.93. The number of thioether (sulfide) groups is 1.